The molecule has 0 amide bonds. The van der Waals surface area contributed by atoms with Gasteiger partial charge in [-0.1, -0.05) is 25.4 Å². The van der Waals surface area contributed by atoms with E-state index in [1.165, 1.54) is 0 Å². The van der Waals surface area contributed by atoms with Gasteiger partial charge in [0, 0.05) is 25.0 Å². The number of rotatable bonds is 5. The van der Waals surface area contributed by atoms with Crippen LogP contribution in [-0.4, -0.2) is 36.6 Å². The fourth-order valence-corrected chi connectivity index (χ4v) is 1.68. The highest BCUT2D eigenvalue weighted by Crippen LogP contribution is 2.21. The van der Waals surface area contributed by atoms with E-state index in [9.17, 15) is 0 Å². The molecule has 0 radical (unpaired) electrons. The van der Waals surface area contributed by atoms with Crippen LogP contribution in [0.4, 0.5) is 5.69 Å². The Hall–Kier alpha value is -0.800. The molecule has 1 aromatic heterocycles. The zero-order valence-corrected chi connectivity index (χ0v) is 11.1. The van der Waals surface area contributed by atoms with Crippen LogP contribution >= 0.6 is 11.6 Å². The predicted octanol–water partition coefficient (Wildman–Crippen LogP) is 2.73. The lowest BCUT2D eigenvalue weighted by atomic mass is 10.0. The summed E-state index contributed by atoms with van der Waals surface area (Å²) in [6.07, 6.45) is 3.41. The van der Waals surface area contributed by atoms with Gasteiger partial charge in [0.2, 0.25) is 0 Å². The molecule has 0 bridgehead atoms. The molecule has 4 heteroatoms. The summed E-state index contributed by atoms with van der Waals surface area (Å²) in [4.78, 5) is 6.15. The van der Waals surface area contributed by atoms with Crippen molar-refractivity contribution in [2.45, 2.75) is 19.9 Å². The second kappa shape index (κ2) is 6.06. The fourth-order valence-electron chi connectivity index (χ4n) is 1.51. The van der Waals surface area contributed by atoms with Gasteiger partial charge in [0.25, 0.3) is 0 Å². The Kier molecular flexibility index (Phi) is 5.03. The Morgan fingerprint density at radius 1 is 1.44 bits per heavy atom. The summed E-state index contributed by atoms with van der Waals surface area (Å²) in [7, 11) is 4.15. The normalized spacial score (nSPS) is 13.2. The number of nitrogens with zero attached hydrogens (tertiary/aromatic N) is 2. The summed E-state index contributed by atoms with van der Waals surface area (Å²) in [5.41, 5.74) is 0.956. The minimum absolute atomic E-state index is 0.384. The molecule has 0 fully saturated rings. The van der Waals surface area contributed by atoms with Gasteiger partial charge >= 0.3 is 0 Å². The van der Waals surface area contributed by atoms with E-state index in [1.807, 2.05) is 6.07 Å². The van der Waals surface area contributed by atoms with E-state index < -0.39 is 0 Å². The summed E-state index contributed by atoms with van der Waals surface area (Å²) in [5.74, 6) is 0.548. The Morgan fingerprint density at radius 2 is 2.12 bits per heavy atom. The molecule has 1 heterocycles. The van der Waals surface area contributed by atoms with Crippen molar-refractivity contribution in [3.8, 4) is 0 Å². The average Bonchev–Trinajstić information content (AvgIpc) is 2.19. The summed E-state index contributed by atoms with van der Waals surface area (Å²) in [6.45, 7) is 5.39. The summed E-state index contributed by atoms with van der Waals surface area (Å²) in [5, 5.41) is 4.14. The second-order valence-corrected chi connectivity index (χ2v) is 5.02. The number of hydrogen-bond acceptors (Lipinski definition) is 3. The Labute approximate surface area is 103 Å². The molecular formula is C12H20ClN3. The van der Waals surface area contributed by atoms with Gasteiger partial charge in [-0.15, -0.1) is 0 Å². The third-order valence-electron chi connectivity index (χ3n) is 2.48. The van der Waals surface area contributed by atoms with E-state index in [0.29, 0.717) is 17.0 Å². The lowest BCUT2D eigenvalue weighted by Crippen LogP contribution is -2.36. The molecule has 1 aromatic rings. The van der Waals surface area contributed by atoms with Crippen LogP contribution in [0, 0.1) is 5.92 Å². The first-order chi connectivity index (χ1) is 7.50. The number of likely N-dealkylation sites (N-methyl/N-ethyl adjacent to an activating group) is 1. The predicted molar refractivity (Wildman–Crippen MR) is 70.0 cm³/mol. The van der Waals surface area contributed by atoms with E-state index >= 15 is 0 Å². The maximum Gasteiger partial charge on any atom is 0.0820 e. The molecule has 0 saturated carbocycles. The maximum absolute atomic E-state index is 6.07. The molecular weight excluding hydrogens is 222 g/mol. The molecule has 3 nitrogen and oxygen atoms in total. The van der Waals surface area contributed by atoms with Crippen molar-refractivity contribution < 1.29 is 0 Å². The van der Waals surface area contributed by atoms with E-state index in [4.69, 9.17) is 11.6 Å². The Morgan fingerprint density at radius 3 is 2.62 bits per heavy atom. The SMILES string of the molecule is CC(C)C(CN(C)C)Nc1ccncc1Cl. The van der Waals surface area contributed by atoms with Crippen LogP contribution in [-0.2, 0) is 0 Å². The van der Waals surface area contributed by atoms with E-state index in [-0.39, 0.29) is 0 Å². The molecule has 90 valence electrons. The first kappa shape index (κ1) is 13.3. The van der Waals surface area contributed by atoms with Gasteiger partial charge < -0.3 is 10.2 Å². The lowest BCUT2D eigenvalue weighted by Gasteiger charge is -2.26. The van der Waals surface area contributed by atoms with Crippen molar-refractivity contribution in [3.63, 3.8) is 0 Å². The van der Waals surface area contributed by atoms with Crippen molar-refractivity contribution in [2.75, 3.05) is 26.0 Å². The highest BCUT2D eigenvalue weighted by molar-refractivity contribution is 6.33. The zero-order valence-electron chi connectivity index (χ0n) is 10.4. The largest absolute Gasteiger partial charge is 0.379 e. The van der Waals surface area contributed by atoms with Crippen LogP contribution < -0.4 is 5.32 Å². The van der Waals surface area contributed by atoms with Crippen molar-refractivity contribution in [1.82, 2.24) is 9.88 Å². The Bertz CT molecular complexity index is 326. The minimum Gasteiger partial charge on any atom is -0.379 e. The molecule has 0 aliphatic carbocycles. The highest BCUT2D eigenvalue weighted by atomic mass is 35.5. The third-order valence-corrected chi connectivity index (χ3v) is 2.78. The fraction of sp³-hybridized carbons (Fsp3) is 0.583. The maximum atomic E-state index is 6.07. The zero-order chi connectivity index (χ0) is 12.1. The molecule has 1 N–H and O–H groups in total. The molecule has 0 aliphatic rings. The number of pyridine rings is 1. The number of nitrogens with one attached hydrogen (secondary N) is 1. The van der Waals surface area contributed by atoms with Crippen LogP contribution in [0.5, 0.6) is 0 Å². The number of aromatic nitrogens is 1. The van der Waals surface area contributed by atoms with Crippen LogP contribution in [0.2, 0.25) is 5.02 Å². The molecule has 0 saturated heterocycles. The van der Waals surface area contributed by atoms with Gasteiger partial charge in [-0.2, -0.15) is 0 Å². The first-order valence-corrected chi connectivity index (χ1v) is 5.89. The van der Waals surface area contributed by atoms with Gasteiger partial charge in [-0.25, -0.2) is 0 Å². The summed E-state index contributed by atoms with van der Waals surface area (Å²) >= 11 is 6.07. The number of anilines is 1. The lowest BCUT2D eigenvalue weighted by molar-refractivity contribution is 0.344. The first-order valence-electron chi connectivity index (χ1n) is 5.51. The highest BCUT2D eigenvalue weighted by Gasteiger charge is 2.15. The molecule has 1 unspecified atom stereocenters. The third kappa shape index (κ3) is 3.99. The molecule has 0 aliphatic heterocycles. The molecule has 1 rings (SSSR count). The van der Waals surface area contributed by atoms with Gasteiger partial charge in [0.15, 0.2) is 0 Å². The number of hydrogen-bond donors (Lipinski definition) is 1. The van der Waals surface area contributed by atoms with Gasteiger partial charge in [-0.3, -0.25) is 4.98 Å². The molecule has 0 aromatic carbocycles. The van der Waals surface area contributed by atoms with Crippen LogP contribution in [0.15, 0.2) is 18.5 Å². The summed E-state index contributed by atoms with van der Waals surface area (Å²) < 4.78 is 0. The van der Waals surface area contributed by atoms with Gasteiger partial charge in [0.1, 0.15) is 0 Å². The molecule has 0 spiro atoms. The van der Waals surface area contributed by atoms with E-state index in [1.54, 1.807) is 12.4 Å². The van der Waals surface area contributed by atoms with Crippen molar-refractivity contribution in [2.24, 2.45) is 5.92 Å². The van der Waals surface area contributed by atoms with E-state index in [2.05, 4.69) is 43.1 Å². The minimum atomic E-state index is 0.384. The summed E-state index contributed by atoms with van der Waals surface area (Å²) in [6, 6.07) is 2.29. The van der Waals surface area contributed by atoms with Crippen molar-refractivity contribution in [1.29, 1.82) is 0 Å². The molecule has 1 atom stereocenters. The van der Waals surface area contributed by atoms with Crippen molar-refractivity contribution in [3.05, 3.63) is 23.5 Å². The Balaban J connectivity index is 2.72. The number of halogens is 1. The second-order valence-electron chi connectivity index (χ2n) is 4.61. The smallest absolute Gasteiger partial charge is 0.0820 e. The topological polar surface area (TPSA) is 28.2 Å². The van der Waals surface area contributed by atoms with E-state index in [0.717, 1.165) is 12.2 Å². The van der Waals surface area contributed by atoms with Gasteiger partial charge in [0.05, 0.1) is 10.7 Å². The average molecular weight is 242 g/mol. The van der Waals surface area contributed by atoms with Crippen molar-refractivity contribution >= 4 is 17.3 Å². The molecule has 16 heavy (non-hydrogen) atoms. The standard InChI is InChI=1S/C12H20ClN3/c1-9(2)12(8-16(3)4)15-11-5-6-14-7-10(11)13/h5-7,9,12H,8H2,1-4H3,(H,14,15). The quantitative estimate of drug-likeness (QED) is 0.859. The monoisotopic (exact) mass is 241 g/mol. The van der Waals surface area contributed by atoms with Crippen LogP contribution in [0.3, 0.4) is 0 Å². The van der Waals surface area contributed by atoms with Crippen LogP contribution in [0.1, 0.15) is 13.8 Å². The van der Waals surface area contributed by atoms with Gasteiger partial charge in [-0.05, 0) is 26.1 Å². The van der Waals surface area contributed by atoms with Crippen LogP contribution in [0.25, 0.3) is 0 Å².